The van der Waals surface area contributed by atoms with Gasteiger partial charge in [-0.2, -0.15) is 9.38 Å². The van der Waals surface area contributed by atoms with E-state index in [2.05, 4.69) is 10.3 Å². The first-order chi connectivity index (χ1) is 11.7. The molecular weight excluding hydrogens is 312 g/mol. The molecule has 8 heteroatoms. The smallest absolute Gasteiger partial charge is 0.372 e. The molecular formula is C16H14N4O4. The van der Waals surface area contributed by atoms with E-state index in [-0.39, 0.29) is 11.6 Å². The summed E-state index contributed by atoms with van der Waals surface area (Å²) in [6.07, 6.45) is 1.62. The quantitative estimate of drug-likeness (QED) is 0.585. The number of imidazole rings is 1. The normalized spacial score (nSPS) is 13.0. The van der Waals surface area contributed by atoms with E-state index in [0.717, 1.165) is 5.56 Å². The first-order valence-corrected chi connectivity index (χ1v) is 7.46. The molecule has 0 bridgehead atoms. The molecule has 0 aliphatic carbocycles. The maximum absolute atomic E-state index is 11.4. The van der Waals surface area contributed by atoms with Crippen molar-refractivity contribution in [2.45, 2.75) is 6.54 Å². The van der Waals surface area contributed by atoms with Crippen molar-refractivity contribution < 1.29 is 14.4 Å². The van der Waals surface area contributed by atoms with E-state index >= 15 is 0 Å². The Morgan fingerprint density at radius 3 is 2.88 bits per heavy atom. The Morgan fingerprint density at radius 1 is 1.21 bits per heavy atom. The number of anilines is 1. The number of hydrogen-bond acceptors (Lipinski definition) is 6. The highest BCUT2D eigenvalue weighted by molar-refractivity contribution is 5.62. The molecule has 8 nitrogen and oxygen atoms in total. The average molecular weight is 326 g/mol. The highest BCUT2D eigenvalue weighted by atomic mass is 16.6. The lowest BCUT2D eigenvalue weighted by Crippen LogP contribution is -2.15. The number of nitrogens with zero attached hydrogens (tertiary/aromatic N) is 3. The third kappa shape index (κ3) is 2.47. The minimum Gasteiger partial charge on any atom is -0.486 e. The number of nitrogens with one attached hydrogen (secondary N) is 1. The Labute approximate surface area is 136 Å². The number of fused-ring (bicyclic) bond motifs is 2. The number of nitro groups is 1. The van der Waals surface area contributed by atoms with Crippen LogP contribution in [0, 0.1) is 10.1 Å². The van der Waals surface area contributed by atoms with Gasteiger partial charge in [0.2, 0.25) is 11.5 Å². The van der Waals surface area contributed by atoms with Crippen LogP contribution in [0.3, 0.4) is 0 Å². The van der Waals surface area contributed by atoms with Crippen LogP contribution in [-0.4, -0.2) is 27.5 Å². The molecule has 1 N–H and O–H groups in total. The summed E-state index contributed by atoms with van der Waals surface area (Å²) in [5.74, 6) is 1.55. The topological polar surface area (TPSA) is 90.9 Å². The Morgan fingerprint density at radius 2 is 2.04 bits per heavy atom. The molecule has 1 aliphatic rings. The molecule has 0 fully saturated rings. The van der Waals surface area contributed by atoms with Gasteiger partial charge in [-0.3, -0.25) is 0 Å². The van der Waals surface area contributed by atoms with Crippen molar-refractivity contribution in [3.05, 3.63) is 58.3 Å². The van der Waals surface area contributed by atoms with Crippen molar-refractivity contribution in [1.82, 2.24) is 9.38 Å². The summed E-state index contributed by atoms with van der Waals surface area (Å²) in [5.41, 5.74) is 1.44. The third-order valence-electron chi connectivity index (χ3n) is 3.74. The molecule has 4 rings (SSSR count). The van der Waals surface area contributed by atoms with Gasteiger partial charge in [0.25, 0.3) is 0 Å². The van der Waals surface area contributed by atoms with Crippen molar-refractivity contribution in [1.29, 1.82) is 0 Å². The van der Waals surface area contributed by atoms with Crippen molar-refractivity contribution in [2.24, 2.45) is 0 Å². The Balaban J connectivity index is 1.61. The molecule has 122 valence electrons. The standard InChI is InChI=1S/C16H14N4O4/c21-20(22)16-15(18-14-3-1-2-6-19(14)16)17-10-11-4-5-12-13(9-11)24-8-7-23-12/h1-6,9,17H,7-8,10H2. The van der Waals surface area contributed by atoms with Crippen LogP contribution < -0.4 is 14.8 Å². The van der Waals surface area contributed by atoms with Crippen LogP contribution in [-0.2, 0) is 6.54 Å². The van der Waals surface area contributed by atoms with Gasteiger partial charge in [-0.15, -0.1) is 0 Å². The summed E-state index contributed by atoms with van der Waals surface area (Å²) in [7, 11) is 0. The lowest BCUT2D eigenvalue weighted by Gasteiger charge is -2.18. The van der Waals surface area contributed by atoms with E-state index in [0.29, 0.717) is 36.9 Å². The largest absolute Gasteiger partial charge is 0.486 e. The average Bonchev–Trinajstić information content (AvgIpc) is 2.98. The molecule has 3 aromatic rings. The fourth-order valence-corrected chi connectivity index (χ4v) is 2.66. The monoisotopic (exact) mass is 326 g/mol. The molecule has 24 heavy (non-hydrogen) atoms. The Kier molecular flexibility index (Phi) is 3.42. The molecule has 0 spiro atoms. The number of ether oxygens (including phenoxy) is 2. The number of benzene rings is 1. The molecule has 3 heterocycles. The highest BCUT2D eigenvalue weighted by Crippen LogP contribution is 2.31. The number of hydrogen-bond donors (Lipinski definition) is 1. The van der Waals surface area contributed by atoms with Gasteiger partial charge in [-0.25, -0.2) is 0 Å². The van der Waals surface area contributed by atoms with Crippen molar-refractivity contribution in [2.75, 3.05) is 18.5 Å². The number of pyridine rings is 1. The molecule has 0 saturated heterocycles. The van der Waals surface area contributed by atoms with Gasteiger partial charge in [-0.1, -0.05) is 12.1 Å². The predicted molar refractivity (Wildman–Crippen MR) is 86.6 cm³/mol. The SMILES string of the molecule is O=[N+]([O-])c1c(NCc2ccc3c(c2)OCCO3)nc2ccccn12. The van der Waals surface area contributed by atoms with Crippen LogP contribution in [0.4, 0.5) is 11.6 Å². The zero-order chi connectivity index (χ0) is 16.5. The van der Waals surface area contributed by atoms with Gasteiger partial charge < -0.3 is 24.9 Å². The summed E-state index contributed by atoms with van der Waals surface area (Å²) in [6, 6.07) is 10.8. The first-order valence-electron chi connectivity index (χ1n) is 7.46. The summed E-state index contributed by atoms with van der Waals surface area (Å²) in [4.78, 5) is 15.2. The van der Waals surface area contributed by atoms with E-state index < -0.39 is 4.92 Å². The first kappa shape index (κ1) is 14.3. The molecule has 2 aromatic heterocycles. The van der Waals surface area contributed by atoms with Gasteiger partial charge in [0.05, 0.1) is 6.20 Å². The molecule has 1 aliphatic heterocycles. The number of aromatic nitrogens is 2. The highest BCUT2D eigenvalue weighted by Gasteiger charge is 2.22. The summed E-state index contributed by atoms with van der Waals surface area (Å²) < 4.78 is 12.5. The van der Waals surface area contributed by atoms with Crippen molar-refractivity contribution in [3.63, 3.8) is 0 Å². The van der Waals surface area contributed by atoms with Crippen LogP contribution in [0.1, 0.15) is 5.56 Å². The van der Waals surface area contributed by atoms with E-state index in [4.69, 9.17) is 9.47 Å². The van der Waals surface area contributed by atoms with E-state index in [1.54, 1.807) is 24.4 Å². The second-order valence-electron chi connectivity index (χ2n) is 5.30. The molecule has 0 amide bonds. The molecule has 0 atom stereocenters. The van der Waals surface area contributed by atoms with Crippen molar-refractivity contribution >= 4 is 17.3 Å². The van der Waals surface area contributed by atoms with Crippen LogP contribution in [0.15, 0.2) is 42.6 Å². The molecule has 0 saturated carbocycles. The maximum atomic E-state index is 11.4. The van der Waals surface area contributed by atoms with E-state index in [1.807, 2.05) is 18.2 Å². The van der Waals surface area contributed by atoms with Gasteiger partial charge in [-0.05, 0) is 28.7 Å². The minimum atomic E-state index is -0.438. The summed E-state index contributed by atoms with van der Waals surface area (Å²) in [6.45, 7) is 1.45. The zero-order valence-corrected chi connectivity index (χ0v) is 12.6. The van der Waals surface area contributed by atoms with E-state index in [1.165, 1.54) is 4.40 Å². The van der Waals surface area contributed by atoms with Crippen LogP contribution in [0.2, 0.25) is 0 Å². The van der Waals surface area contributed by atoms with Crippen LogP contribution >= 0.6 is 0 Å². The fourth-order valence-electron chi connectivity index (χ4n) is 2.66. The minimum absolute atomic E-state index is 0.0804. The van der Waals surface area contributed by atoms with Crippen LogP contribution in [0.5, 0.6) is 11.5 Å². The van der Waals surface area contributed by atoms with Crippen molar-refractivity contribution in [3.8, 4) is 11.5 Å². The maximum Gasteiger partial charge on any atom is 0.372 e. The second-order valence-corrected chi connectivity index (χ2v) is 5.30. The Bertz CT molecular complexity index is 922. The summed E-state index contributed by atoms with van der Waals surface area (Å²) >= 11 is 0. The molecule has 0 unspecified atom stereocenters. The lowest BCUT2D eigenvalue weighted by molar-refractivity contribution is -0.389. The lowest BCUT2D eigenvalue weighted by atomic mass is 10.2. The number of rotatable bonds is 4. The molecule has 1 aromatic carbocycles. The van der Waals surface area contributed by atoms with Gasteiger partial charge in [0.15, 0.2) is 11.5 Å². The predicted octanol–water partition coefficient (Wildman–Crippen LogP) is 2.63. The molecule has 0 radical (unpaired) electrons. The fraction of sp³-hybridized carbons (Fsp3) is 0.188. The second kappa shape index (κ2) is 5.73. The van der Waals surface area contributed by atoms with Crippen LogP contribution in [0.25, 0.3) is 5.65 Å². The summed E-state index contributed by atoms with van der Waals surface area (Å²) in [5, 5.41) is 14.4. The van der Waals surface area contributed by atoms with Gasteiger partial charge in [0.1, 0.15) is 13.2 Å². The van der Waals surface area contributed by atoms with Gasteiger partial charge in [0, 0.05) is 12.6 Å². The van der Waals surface area contributed by atoms with Gasteiger partial charge >= 0.3 is 5.82 Å². The van der Waals surface area contributed by atoms with E-state index in [9.17, 15) is 10.1 Å². The zero-order valence-electron chi connectivity index (χ0n) is 12.6. The Hall–Kier alpha value is -3.29. The third-order valence-corrected chi connectivity index (χ3v) is 3.74.